The molecular weight excluding hydrogens is 343 g/mol. The molecular formula is C22H29FO2Si. The lowest BCUT2D eigenvalue weighted by Crippen LogP contribution is -2.68. The molecule has 3 unspecified atom stereocenters. The van der Waals surface area contributed by atoms with Crippen LogP contribution >= 0.6 is 0 Å². The molecule has 0 aliphatic heterocycles. The molecule has 4 heteroatoms. The lowest BCUT2D eigenvalue weighted by molar-refractivity contribution is -0.00407. The summed E-state index contributed by atoms with van der Waals surface area (Å²) in [5, 5.41) is 12.1. The van der Waals surface area contributed by atoms with Crippen molar-refractivity contribution in [3.63, 3.8) is 0 Å². The molecule has 2 aromatic carbocycles. The van der Waals surface area contributed by atoms with Gasteiger partial charge in [0.2, 0.25) is 0 Å². The number of benzene rings is 2. The molecule has 1 saturated carbocycles. The summed E-state index contributed by atoms with van der Waals surface area (Å²) in [4.78, 5) is 0. The van der Waals surface area contributed by atoms with E-state index in [4.69, 9.17) is 4.43 Å². The molecule has 1 aliphatic carbocycles. The fourth-order valence-electron chi connectivity index (χ4n) is 4.11. The Morgan fingerprint density at radius 2 is 1.42 bits per heavy atom. The molecule has 0 amide bonds. The molecule has 3 atom stereocenters. The van der Waals surface area contributed by atoms with E-state index in [1.165, 1.54) is 10.4 Å². The van der Waals surface area contributed by atoms with E-state index in [1.807, 2.05) is 12.1 Å². The highest BCUT2D eigenvalue weighted by Gasteiger charge is 2.52. The van der Waals surface area contributed by atoms with E-state index >= 15 is 0 Å². The number of hydrogen-bond acceptors (Lipinski definition) is 2. The largest absolute Gasteiger partial charge is 0.404 e. The summed E-state index contributed by atoms with van der Waals surface area (Å²) < 4.78 is 21.1. The molecule has 140 valence electrons. The Hall–Kier alpha value is -1.49. The second-order valence-electron chi connectivity index (χ2n) is 8.30. The summed E-state index contributed by atoms with van der Waals surface area (Å²) in [5.41, 5.74) is 0. The van der Waals surface area contributed by atoms with Crippen LogP contribution in [0.1, 0.15) is 40.0 Å². The van der Waals surface area contributed by atoms with Crippen molar-refractivity contribution in [1.29, 1.82) is 0 Å². The molecule has 1 aliphatic rings. The van der Waals surface area contributed by atoms with Crippen LogP contribution in [0.4, 0.5) is 4.39 Å². The number of halogens is 1. The van der Waals surface area contributed by atoms with Gasteiger partial charge < -0.3 is 9.53 Å². The van der Waals surface area contributed by atoms with Crippen LogP contribution in [-0.2, 0) is 4.43 Å². The highest BCUT2D eigenvalue weighted by Crippen LogP contribution is 2.39. The maximum atomic E-state index is 14.2. The lowest BCUT2D eigenvalue weighted by atomic mass is 9.94. The Morgan fingerprint density at radius 3 is 1.85 bits per heavy atom. The standard InChI is InChI=1S/C22H29FO2Si/c1-22(2,3)26(18-10-6-4-7-11-18,19-12-8-5-9-13-19)25-17-14-15-21(24)20(23)16-17/h4-13,17,20-21,24H,14-16H2,1-3H3. The van der Waals surface area contributed by atoms with Gasteiger partial charge in [0, 0.05) is 12.5 Å². The van der Waals surface area contributed by atoms with Gasteiger partial charge in [-0.1, -0.05) is 81.4 Å². The minimum absolute atomic E-state index is 0.114. The third-order valence-electron chi connectivity index (χ3n) is 5.45. The summed E-state index contributed by atoms with van der Waals surface area (Å²) in [6.45, 7) is 6.68. The predicted molar refractivity (Wildman–Crippen MR) is 107 cm³/mol. The van der Waals surface area contributed by atoms with E-state index in [-0.39, 0.29) is 17.6 Å². The van der Waals surface area contributed by atoms with Crippen molar-refractivity contribution in [2.45, 2.75) is 63.5 Å². The molecule has 3 rings (SSSR count). The van der Waals surface area contributed by atoms with Gasteiger partial charge in [0.15, 0.2) is 0 Å². The van der Waals surface area contributed by atoms with Crippen LogP contribution in [0.3, 0.4) is 0 Å². The highest BCUT2D eigenvalue weighted by atomic mass is 28.4. The zero-order valence-corrected chi connectivity index (χ0v) is 16.9. The second-order valence-corrected chi connectivity index (χ2v) is 12.6. The average Bonchev–Trinajstić information content (AvgIpc) is 2.63. The first-order chi connectivity index (χ1) is 12.3. The summed E-state index contributed by atoms with van der Waals surface area (Å²) in [5.74, 6) is 0. The molecule has 0 aromatic heterocycles. The molecule has 2 nitrogen and oxygen atoms in total. The van der Waals surface area contributed by atoms with Gasteiger partial charge in [0.05, 0.1) is 6.10 Å². The van der Waals surface area contributed by atoms with Gasteiger partial charge in [0.1, 0.15) is 6.17 Å². The van der Waals surface area contributed by atoms with Gasteiger partial charge in [-0.25, -0.2) is 4.39 Å². The quantitative estimate of drug-likeness (QED) is 0.827. The average molecular weight is 373 g/mol. The summed E-state index contributed by atoms with van der Waals surface area (Å²) in [7, 11) is -2.64. The zero-order valence-electron chi connectivity index (χ0n) is 15.9. The molecule has 2 aromatic rings. The van der Waals surface area contributed by atoms with E-state index in [1.54, 1.807) is 0 Å². The number of alkyl halides is 1. The van der Waals surface area contributed by atoms with Gasteiger partial charge in [-0.3, -0.25) is 0 Å². The van der Waals surface area contributed by atoms with Crippen LogP contribution < -0.4 is 10.4 Å². The predicted octanol–water partition coefficient (Wildman–Crippen LogP) is 3.81. The van der Waals surface area contributed by atoms with E-state index < -0.39 is 20.6 Å². The molecule has 1 fully saturated rings. The van der Waals surface area contributed by atoms with Crippen molar-refractivity contribution >= 4 is 18.7 Å². The minimum Gasteiger partial charge on any atom is -0.404 e. The molecule has 1 N–H and O–H groups in total. The van der Waals surface area contributed by atoms with Crippen LogP contribution in [0.25, 0.3) is 0 Å². The Kier molecular flexibility index (Phi) is 5.66. The Bertz CT molecular complexity index is 660. The molecule has 0 spiro atoms. The van der Waals surface area contributed by atoms with Gasteiger partial charge in [-0.15, -0.1) is 0 Å². The number of aliphatic hydroxyl groups excluding tert-OH is 1. The number of aliphatic hydroxyl groups is 1. The smallest absolute Gasteiger partial charge is 0.261 e. The van der Waals surface area contributed by atoms with Gasteiger partial charge in [-0.2, -0.15) is 0 Å². The number of hydrogen-bond donors (Lipinski definition) is 1. The summed E-state index contributed by atoms with van der Waals surface area (Å²) >= 11 is 0. The van der Waals surface area contributed by atoms with E-state index in [0.717, 1.165) is 0 Å². The topological polar surface area (TPSA) is 29.5 Å². The summed E-state index contributed by atoms with van der Waals surface area (Å²) in [6.07, 6.45) is -0.789. The molecule has 0 bridgehead atoms. The van der Waals surface area contributed by atoms with Crippen LogP contribution in [0.2, 0.25) is 5.04 Å². The third kappa shape index (κ3) is 3.64. The van der Waals surface area contributed by atoms with Gasteiger partial charge in [-0.05, 0) is 28.3 Å². The van der Waals surface area contributed by atoms with Crippen LogP contribution in [0.5, 0.6) is 0 Å². The Labute approximate surface area is 157 Å². The minimum atomic E-state index is -2.64. The van der Waals surface area contributed by atoms with E-state index in [2.05, 4.69) is 69.3 Å². The monoisotopic (exact) mass is 372 g/mol. The van der Waals surface area contributed by atoms with Gasteiger partial charge in [0.25, 0.3) is 8.32 Å². The number of rotatable bonds is 4. The normalized spacial score (nSPS) is 24.4. The second kappa shape index (κ2) is 7.63. The molecule has 26 heavy (non-hydrogen) atoms. The van der Waals surface area contributed by atoms with Gasteiger partial charge >= 0.3 is 0 Å². The Morgan fingerprint density at radius 1 is 0.923 bits per heavy atom. The van der Waals surface area contributed by atoms with Crippen LogP contribution in [0, 0.1) is 0 Å². The molecule has 0 heterocycles. The maximum Gasteiger partial charge on any atom is 0.261 e. The lowest BCUT2D eigenvalue weighted by Gasteiger charge is -2.46. The van der Waals surface area contributed by atoms with Crippen molar-refractivity contribution in [2.24, 2.45) is 0 Å². The molecule has 0 saturated heterocycles. The van der Waals surface area contributed by atoms with E-state index in [0.29, 0.717) is 12.8 Å². The van der Waals surface area contributed by atoms with Crippen molar-refractivity contribution in [3.05, 3.63) is 60.7 Å². The third-order valence-corrected chi connectivity index (χ3v) is 10.5. The highest BCUT2D eigenvalue weighted by molar-refractivity contribution is 6.99. The maximum absolute atomic E-state index is 14.2. The fourth-order valence-corrected chi connectivity index (χ4v) is 8.84. The summed E-state index contributed by atoms with van der Waals surface area (Å²) in [6, 6.07) is 20.8. The first-order valence-electron chi connectivity index (χ1n) is 9.45. The van der Waals surface area contributed by atoms with Crippen molar-refractivity contribution < 1.29 is 13.9 Å². The van der Waals surface area contributed by atoms with Crippen molar-refractivity contribution in [2.75, 3.05) is 0 Å². The van der Waals surface area contributed by atoms with Crippen molar-refractivity contribution in [3.8, 4) is 0 Å². The Balaban J connectivity index is 2.09. The first kappa shape index (κ1) is 19.3. The van der Waals surface area contributed by atoms with E-state index in [9.17, 15) is 9.50 Å². The zero-order chi connectivity index (χ0) is 18.8. The fraction of sp³-hybridized carbons (Fsp3) is 0.455. The van der Waals surface area contributed by atoms with Crippen molar-refractivity contribution in [1.82, 2.24) is 0 Å². The van der Waals surface area contributed by atoms with Crippen LogP contribution in [-0.4, -0.2) is 31.8 Å². The SMILES string of the molecule is CC(C)(C)[Si](OC1CCC(O)C(F)C1)(c1ccccc1)c1ccccc1. The first-order valence-corrected chi connectivity index (χ1v) is 11.4. The molecule has 0 radical (unpaired) electrons. The van der Waals surface area contributed by atoms with Crippen LogP contribution in [0.15, 0.2) is 60.7 Å².